The van der Waals surface area contributed by atoms with Gasteiger partial charge in [-0.05, 0) is 47.9 Å². The fourth-order valence-corrected chi connectivity index (χ4v) is 2.63. The molecule has 0 unspecified atom stereocenters. The first kappa shape index (κ1) is 18.6. The fraction of sp³-hybridized carbons (Fsp3) is 0.278. The molecule has 4 nitrogen and oxygen atoms in total. The Morgan fingerprint density at radius 3 is 2.58 bits per heavy atom. The maximum absolute atomic E-state index is 12.2. The average Bonchev–Trinajstić information content (AvgIpc) is 2.56. The molecule has 0 saturated heterocycles. The van der Waals surface area contributed by atoms with Gasteiger partial charge in [0, 0.05) is 24.5 Å². The molecular formula is C18H21Cl2N3O. The topological polar surface area (TPSA) is 67.1 Å². The molecule has 4 N–H and O–H groups in total. The number of hydrogen-bond donors (Lipinski definition) is 3. The van der Waals surface area contributed by atoms with Crippen LogP contribution in [0.1, 0.15) is 24.5 Å². The van der Waals surface area contributed by atoms with Gasteiger partial charge in [-0.3, -0.25) is 4.79 Å². The summed E-state index contributed by atoms with van der Waals surface area (Å²) in [5, 5.41) is 7.13. The fourth-order valence-electron chi connectivity index (χ4n) is 2.31. The van der Waals surface area contributed by atoms with E-state index in [1.807, 2.05) is 18.2 Å². The van der Waals surface area contributed by atoms with Crippen molar-refractivity contribution in [3.8, 4) is 0 Å². The number of nitrogens with two attached hydrogens (primary N) is 1. The Kier molecular flexibility index (Phi) is 6.91. The lowest BCUT2D eigenvalue weighted by Crippen LogP contribution is -2.15. The van der Waals surface area contributed by atoms with Gasteiger partial charge in [-0.2, -0.15) is 0 Å². The molecule has 0 aliphatic rings. The second kappa shape index (κ2) is 8.92. The number of carbonyl (C=O) groups is 1. The van der Waals surface area contributed by atoms with Crippen molar-refractivity contribution < 1.29 is 4.79 Å². The molecule has 0 radical (unpaired) electrons. The van der Waals surface area contributed by atoms with Crippen LogP contribution in [0.15, 0.2) is 36.4 Å². The molecule has 0 fully saturated rings. The van der Waals surface area contributed by atoms with Crippen molar-refractivity contribution in [3.63, 3.8) is 0 Å². The van der Waals surface area contributed by atoms with Crippen LogP contribution in [0.25, 0.3) is 0 Å². The van der Waals surface area contributed by atoms with Crippen LogP contribution < -0.4 is 16.4 Å². The van der Waals surface area contributed by atoms with Crippen LogP contribution in [0.2, 0.25) is 10.0 Å². The lowest BCUT2D eigenvalue weighted by atomic mass is 10.1. The molecule has 0 aliphatic carbocycles. The monoisotopic (exact) mass is 365 g/mol. The first-order valence-corrected chi connectivity index (χ1v) is 8.59. The molecule has 0 aliphatic heterocycles. The van der Waals surface area contributed by atoms with E-state index in [4.69, 9.17) is 28.9 Å². The van der Waals surface area contributed by atoms with Crippen molar-refractivity contribution >= 4 is 40.5 Å². The van der Waals surface area contributed by atoms with E-state index in [1.54, 1.807) is 18.2 Å². The van der Waals surface area contributed by atoms with Gasteiger partial charge in [-0.15, -0.1) is 0 Å². The second-order valence-corrected chi connectivity index (χ2v) is 6.29. The van der Waals surface area contributed by atoms with E-state index < -0.39 is 0 Å². The normalized spacial score (nSPS) is 10.5. The van der Waals surface area contributed by atoms with Crippen LogP contribution in [0.5, 0.6) is 0 Å². The van der Waals surface area contributed by atoms with Crippen LogP contribution in [0.4, 0.5) is 11.4 Å². The molecule has 24 heavy (non-hydrogen) atoms. The Bertz CT molecular complexity index is 719. The highest BCUT2D eigenvalue weighted by atomic mass is 35.5. The van der Waals surface area contributed by atoms with Gasteiger partial charge in [0.05, 0.1) is 16.5 Å². The molecule has 6 heteroatoms. The van der Waals surface area contributed by atoms with Crippen molar-refractivity contribution in [1.82, 2.24) is 0 Å². The molecule has 0 spiro atoms. The van der Waals surface area contributed by atoms with Gasteiger partial charge < -0.3 is 16.4 Å². The largest absolute Gasteiger partial charge is 0.385 e. The zero-order chi connectivity index (χ0) is 17.5. The van der Waals surface area contributed by atoms with Gasteiger partial charge >= 0.3 is 0 Å². The number of hydrogen-bond acceptors (Lipinski definition) is 3. The highest BCUT2D eigenvalue weighted by Gasteiger charge is 2.08. The molecule has 0 saturated carbocycles. The molecular weight excluding hydrogens is 345 g/mol. The van der Waals surface area contributed by atoms with Gasteiger partial charge in [0.15, 0.2) is 0 Å². The third-order valence-electron chi connectivity index (χ3n) is 3.52. The Morgan fingerprint density at radius 2 is 1.92 bits per heavy atom. The van der Waals surface area contributed by atoms with Crippen LogP contribution in [-0.2, 0) is 17.8 Å². The van der Waals surface area contributed by atoms with Crippen LogP contribution in [0, 0.1) is 0 Å². The van der Waals surface area contributed by atoms with E-state index in [9.17, 15) is 4.79 Å². The zero-order valence-corrected chi connectivity index (χ0v) is 15.0. The summed E-state index contributed by atoms with van der Waals surface area (Å²) in [6.07, 6.45) is 1.26. The van der Waals surface area contributed by atoms with Crippen LogP contribution >= 0.6 is 23.2 Å². The third-order valence-corrected chi connectivity index (χ3v) is 4.26. The summed E-state index contributed by atoms with van der Waals surface area (Å²) in [5.74, 6) is -0.120. The molecule has 2 rings (SSSR count). The van der Waals surface area contributed by atoms with Crippen molar-refractivity contribution in [3.05, 3.63) is 57.6 Å². The van der Waals surface area contributed by atoms with Crippen molar-refractivity contribution in [2.24, 2.45) is 5.73 Å². The summed E-state index contributed by atoms with van der Waals surface area (Å²) in [4.78, 5) is 12.2. The molecule has 1 amide bonds. The molecule has 0 heterocycles. The van der Waals surface area contributed by atoms with Gasteiger partial charge in [-0.25, -0.2) is 0 Å². The van der Waals surface area contributed by atoms with Gasteiger partial charge in [0.2, 0.25) is 5.91 Å². The number of anilines is 2. The van der Waals surface area contributed by atoms with Crippen molar-refractivity contribution in [2.75, 3.05) is 17.2 Å². The quantitative estimate of drug-likeness (QED) is 0.678. The Balaban J connectivity index is 2.04. The summed E-state index contributed by atoms with van der Waals surface area (Å²) < 4.78 is 0. The summed E-state index contributed by atoms with van der Waals surface area (Å²) in [7, 11) is 0. The maximum atomic E-state index is 12.2. The molecule has 0 aromatic heterocycles. The standard InChI is InChI=1S/C18H21Cl2N3O/c1-2-7-22-17-6-4-14(10-13(17)11-21)23-18(24)9-12-3-5-15(19)16(20)8-12/h3-6,8,10,22H,2,7,9,11,21H2,1H3,(H,23,24). The number of halogens is 2. The van der Waals surface area contributed by atoms with Crippen molar-refractivity contribution in [2.45, 2.75) is 26.3 Å². The predicted molar refractivity (Wildman–Crippen MR) is 102 cm³/mol. The smallest absolute Gasteiger partial charge is 0.228 e. The number of benzene rings is 2. The third kappa shape index (κ3) is 5.13. The predicted octanol–water partition coefficient (Wildman–Crippen LogP) is 4.46. The highest BCUT2D eigenvalue weighted by Crippen LogP contribution is 2.23. The van der Waals surface area contributed by atoms with Gasteiger partial charge in [-0.1, -0.05) is 36.2 Å². The maximum Gasteiger partial charge on any atom is 0.228 e. The minimum atomic E-state index is -0.120. The second-order valence-electron chi connectivity index (χ2n) is 5.48. The number of carbonyl (C=O) groups excluding carboxylic acids is 1. The summed E-state index contributed by atoms with van der Waals surface area (Å²) >= 11 is 11.9. The van der Waals surface area contributed by atoms with E-state index in [-0.39, 0.29) is 12.3 Å². The lowest BCUT2D eigenvalue weighted by molar-refractivity contribution is -0.115. The van der Waals surface area contributed by atoms with E-state index in [1.165, 1.54) is 0 Å². The Labute approximate surface area is 152 Å². The van der Waals surface area contributed by atoms with Gasteiger partial charge in [0.25, 0.3) is 0 Å². The van der Waals surface area contributed by atoms with E-state index >= 15 is 0 Å². The Morgan fingerprint density at radius 1 is 1.12 bits per heavy atom. The molecule has 0 atom stereocenters. The first-order chi connectivity index (χ1) is 11.5. The first-order valence-electron chi connectivity index (χ1n) is 7.84. The summed E-state index contributed by atoms with van der Waals surface area (Å²) in [6, 6.07) is 10.9. The highest BCUT2D eigenvalue weighted by molar-refractivity contribution is 6.42. The number of nitrogens with one attached hydrogen (secondary N) is 2. The Hall–Kier alpha value is -1.75. The summed E-state index contributed by atoms with van der Waals surface area (Å²) in [5.41, 5.74) is 9.30. The van der Waals surface area contributed by atoms with E-state index in [0.29, 0.717) is 16.6 Å². The molecule has 2 aromatic rings. The molecule has 2 aromatic carbocycles. The van der Waals surface area contributed by atoms with Crippen LogP contribution in [0.3, 0.4) is 0 Å². The van der Waals surface area contributed by atoms with Gasteiger partial charge in [0.1, 0.15) is 0 Å². The minimum Gasteiger partial charge on any atom is -0.385 e. The van der Waals surface area contributed by atoms with Crippen LogP contribution in [-0.4, -0.2) is 12.5 Å². The lowest BCUT2D eigenvalue weighted by Gasteiger charge is -2.13. The summed E-state index contributed by atoms with van der Waals surface area (Å²) in [6.45, 7) is 3.39. The number of rotatable bonds is 7. The molecule has 128 valence electrons. The minimum absolute atomic E-state index is 0.120. The number of amides is 1. The molecule has 0 bridgehead atoms. The van der Waals surface area contributed by atoms with E-state index in [0.717, 1.165) is 35.5 Å². The van der Waals surface area contributed by atoms with E-state index in [2.05, 4.69) is 17.6 Å². The SMILES string of the molecule is CCCNc1ccc(NC(=O)Cc2ccc(Cl)c(Cl)c2)cc1CN. The average molecular weight is 366 g/mol. The van der Waals surface area contributed by atoms with Crippen molar-refractivity contribution in [1.29, 1.82) is 0 Å². The zero-order valence-electron chi connectivity index (χ0n) is 13.5.